The molecule has 3 heterocycles. The van der Waals surface area contributed by atoms with E-state index >= 15 is 0 Å². The molecule has 0 saturated carbocycles. The molecule has 0 aliphatic carbocycles. The van der Waals surface area contributed by atoms with Crippen LogP contribution in [0.3, 0.4) is 0 Å². The second kappa shape index (κ2) is 20.9. The summed E-state index contributed by atoms with van der Waals surface area (Å²) >= 11 is 0. The van der Waals surface area contributed by atoms with Crippen LogP contribution in [0.1, 0.15) is 96.1 Å². The zero-order chi connectivity index (χ0) is 47.0. The van der Waals surface area contributed by atoms with Crippen molar-refractivity contribution in [2.75, 3.05) is 53.0 Å². The van der Waals surface area contributed by atoms with Crippen LogP contribution in [0.5, 0.6) is 5.75 Å². The average molecular weight is 891 g/mol. The fourth-order valence-corrected chi connectivity index (χ4v) is 8.45. The van der Waals surface area contributed by atoms with Crippen molar-refractivity contribution in [1.29, 1.82) is 0 Å². The number of amides is 3. The third-order valence-corrected chi connectivity index (χ3v) is 11.0. The van der Waals surface area contributed by atoms with Crippen molar-refractivity contribution in [3.63, 3.8) is 0 Å². The molecule has 20 heteroatoms. The van der Waals surface area contributed by atoms with E-state index in [0.717, 1.165) is 27.9 Å². The molecule has 0 unspecified atom stereocenters. The molecule has 0 radical (unpaired) electrons. The van der Waals surface area contributed by atoms with Crippen LogP contribution < -0.4 is 15.4 Å². The largest absolute Gasteiger partial charge is 0.467 e. The molecule has 7 atom stereocenters. The molecule has 4 rings (SSSR count). The Morgan fingerprint density at radius 3 is 2.11 bits per heavy atom. The van der Waals surface area contributed by atoms with Gasteiger partial charge in [0, 0.05) is 79.2 Å². The number of methoxy groups -OCH3 is 1. The molecule has 63 heavy (non-hydrogen) atoms. The van der Waals surface area contributed by atoms with Gasteiger partial charge in [0.2, 0.25) is 5.91 Å². The molecule has 1 aromatic rings. The molecule has 0 bridgehead atoms. The summed E-state index contributed by atoms with van der Waals surface area (Å²) in [6.07, 6.45) is -6.44. The number of esters is 5. The fraction of sp³-hybridized carbons (Fsp3) is 0.674. The summed E-state index contributed by atoms with van der Waals surface area (Å²) in [5, 5.41) is 5.41. The normalized spacial score (nSPS) is 24.6. The van der Waals surface area contributed by atoms with Gasteiger partial charge in [0.25, 0.3) is 5.91 Å². The summed E-state index contributed by atoms with van der Waals surface area (Å²) in [5.74, 6) is -4.88. The third kappa shape index (κ3) is 13.1. The molecular formula is C43H62N4O16. The van der Waals surface area contributed by atoms with Crippen LogP contribution in [0.15, 0.2) is 12.1 Å². The monoisotopic (exact) mass is 890 g/mol. The van der Waals surface area contributed by atoms with Gasteiger partial charge in [0.05, 0.1) is 38.4 Å². The maximum Gasteiger partial charge on any atom is 0.410 e. The van der Waals surface area contributed by atoms with Gasteiger partial charge in [-0.1, -0.05) is 0 Å². The van der Waals surface area contributed by atoms with Crippen LogP contribution in [0.25, 0.3) is 0 Å². The number of hydrogen-bond donors (Lipinski definition) is 2. The number of ether oxygens (including phenoxy) is 8. The predicted molar refractivity (Wildman–Crippen MR) is 220 cm³/mol. The van der Waals surface area contributed by atoms with E-state index in [1.165, 1.54) is 26.0 Å². The zero-order valence-electron chi connectivity index (χ0n) is 38.0. The Balaban J connectivity index is 1.75. The van der Waals surface area contributed by atoms with Gasteiger partial charge >= 0.3 is 35.9 Å². The number of aryl methyl sites for hydroxylation is 2. The summed E-state index contributed by atoms with van der Waals surface area (Å²) in [4.78, 5) is 108. The van der Waals surface area contributed by atoms with Gasteiger partial charge in [0.15, 0.2) is 17.8 Å². The lowest BCUT2D eigenvalue weighted by atomic mass is 9.81. The number of carbonyl (C=O) groups is 8. The highest BCUT2D eigenvalue weighted by atomic mass is 16.6. The first kappa shape index (κ1) is 50.3. The van der Waals surface area contributed by atoms with Gasteiger partial charge in [-0.05, 0) is 64.3 Å². The number of rotatable bonds is 14. The Labute approximate surface area is 367 Å². The molecule has 350 valence electrons. The summed E-state index contributed by atoms with van der Waals surface area (Å²) < 4.78 is 46.3. The highest BCUT2D eigenvalue weighted by Gasteiger charge is 2.59. The minimum absolute atomic E-state index is 0.0985. The van der Waals surface area contributed by atoms with E-state index in [0.29, 0.717) is 37.2 Å². The van der Waals surface area contributed by atoms with E-state index in [9.17, 15) is 38.4 Å². The first-order valence-corrected chi connectivity index (χ1v) is 20.8. The number of nitrogens with zero attached hydrogens (tertiary/aromatic N) is 2. The van der Waals surface area contributed by atoms with Crippen LogP contribution >= 0.6 is 0 Å². The lowest BCUT2D eigenvalue weighted by molar-refractivity contribution is -0.242. The van der Waals surface area contributed by atoms with Crippen molar-refractivity contribution in [1.82, 2.24) is 20.4 Å². The van der Waals surface area contributed by atoms with Crippen molar-refractivity contribution in [2.45, 2.75) is 136 Å². The smallest absolute Gasteiger partial charge is 0.410 e. The molecule has 1 spiro atoms. The summed E-state index contributed by atoms with van der Waals surface area (Å²) in [6, 6.07) is 1.68. The topological polar surface area (TPSA) is 241 Å². The highest BCUT2D eigenvalue weighted by molar-refractivity contribution is 5.95. The standard InChI is InChI=1S/C43H62N4O16/c1-24-18-31(19-25(2)35(24)60-29(6)51)38(53)44-21-33(59-28(5)50)36(61-30(7)52)37-34(45-26(3)48)32(58-27(4)49)20-43(62-37,39(54)56-11)13-15-47-16-17-57-23-42(47)12-14-46(22-42)40(55)63-41(8,9)10/h18-19,32-34,36-37H,12-17,20-23H2,1-11H3,(H,44,53)(H,45,48)/t32-,33+,34+,36+,37+,42-,43+/m0/s1. The number of morpholine rings is 1. The molecule has 3 fully saturated rings. The van der Waals surface area contributed by atoms with Crippen LogP contribution in [0.2, 0.25) is 0 Å². The maximum absolute atomic E-state index is 14.2. The summed E-state index contributed by atoms with van der Waals surface area (Å²) in [6.45, 7) is 15.8. The maximum atomic E-state index is 14.2. The molecule has 0 aromatic heterocycles. The second-order valence-corrected chi connectivity index (χ2v) is 17.3. The van der Waals surface area contributed by atoms with Gasteiger partial charge in [0.1, 0.15) is 23.6 Å². The van der Waals surface area contributed by atoms with Crippen molar-refractivity contribution in [3.8, 4) is 5.75 Å². The molecule has 3 saturated heterocycles. The van der Waals surface area contributed by atoms with E-state index in [2.05, 4.69) is 15.5 Å². The van der Waals surface area contributed by atoms with E-state index in [4.69, 9.17) is 37.9 Å². The number of benzene rings is 1. The predicted octanol–water partition coefficient (Wildman–Crippen LogP) is 2.06. The molecule has 20 nitrogen and oxygen atoms in total. The fourth-order valence-electron chi connectivity index (χ4n) is 8.45. The number of hydrogen-bond acceptors (Lipinski definition) is 17. The Morgan fingerprint density at radius 2 is 1.56 bits per heavy atom. The number of likely N-dealkylation sites (tertiary alicyclic amines) is 1. The Kier molecular flexibility index (Phi) is 16.7. The first-order valence-electron chi connectivity index (χ1n) is 20.8. The highest BCUT2D eigenvalue weighted by Crippen LogP contribution is 2.40. The Morgan fingerprint density at radius 1 is 0.905 bits per heavy atom. The van der Waals surface area contributed by atoms with Crippen molar-refractivity contribution < 1.29 is 76.3 Å². The second-order valence-electron chi connectivity index (χ2n) is 17.3. The third-order valence-electron chi connectivity index (χ3n) is 11.0. The first-order chi connectivity index (χ1) is 29.4. The Bertz CT molecular complexity index is 1890. The molecule has 3 amide bonds. The van der Waals surface area contributed by atoms with E-state index in [-0.39, 0.29) is 43.9 Å². The minimum Gasteiger partial charge on any atom is -0.467 e. The van der Waals surface area contributed by atoms with E-state index < -0.39 is 101 Å². The van der Waals surface area contributed by atoms with Crippen molar-refractivity contribution in [2.24, 2.45) is 0 Å². The van der Waals surface area contributed by atoms with Crippen LogP contribution in [0.4, 0.5) is 4.79 Å². The summed E-state index contributed by atoms with van der Waals surface area (Å²) in [5.41, 5.74) is -2.18. The van der Waals surface area contributed by atoms with E-state index in [1.807, 2.05) is 0 Å². The number of nitrogens with one attached hydrogen (secondary N) is 2. The van der Waals surface area contributed by atoms with E-state index in [1.54, 1.807) is 39.5 Å². The Hall–Kier alpha value is -5.34. The van der Waals surface area contributed by atoms with Crippen molar-refractivity contribution in [3.05, 3.63) is 28.8 Å². The SMILES string of the molecule is COC(=O)[C@@]1(CCN2CCOC[C@@]23CCN(C(=O)OC(C)(C)C)C3)C[C@H](OC(C)=O)[C@@H](NC(C)=O)[C@H]([C@H](OC(C)=O)[C@@H](CNC(=O)c2cc(C)c(OC(C)=O)c(C)c2)OC(C)=O)O1. The number of carbonyl (C=O) groups excluding carboxylic acids is 8. The van der Waals surface area contributed by atoms with Gasteiger partial charge < -0.3 is 53.4 Å². The molecule has 3 aliphatic rings. The minimum atomic E-state index is -1.95. The van der Waals surface area contributed by atoms with Crippen LogP contribution in [-0.4, -0.2) is 158 Å². The van der Waals surface area contributed by atoms with Gasteiger partial charge in [-0.3, -0.25) is 33.7 Å². The van der Waals surface area contributed by atoms with Gasteiger partial charge in [-0.15, -0.1) is 0 Å². The molecule has 1 aromatic carbocycles. The zero-order valence-corrected chi connectivity index (χ0v) is 38.0. The quantitative estimate of drug-likeness (QED) is 0.154. The summed E-state index contributed by atoms with van der Waals surface area (Å²) in [7, 11) is 1.15. The van der Waals surface area contributed by atoms with Gasteiger partial charge in [-0.2, -0.15) is 0 Å². The lowest BCUT2D eigenvalue weighted by Crippen LogP contribution is -2.69. The van der Waals surface area contributed by atoms with Crippen molar-refractivity contribution >= 4 is 47.8 Å². The van der Waals surface area contributed by atoms with Crippen LogP contribution in [0, 0.1) is 13.8 Å². The van der Waals surface area contributed by atoms with Crippen LogP contribution in [-0.2, 0) is 61.9 Å². The molecule has 2 N–H and O–H groups in total. The molecule has 3 aliphatic heterocycles. The average Bonchev–Trinajstić information content (AvgIpc) is 3.60. The lowest BCUT2D eigenvalue weighted by Gasteiger charge is -2.50. The molecular weight excluding hydrogens is 828 g/mol. The van der Waals surface area contributed by atoms with Gasteiger partial charge in [-0.25, -0.2) is 9.59 Å².